The molecule has 2 heterocycles. The molecule has 5 N–H and O–H groups in total. The van der Waals surface area contributed by atoms with E-state index in [-0.39, 0.29) is 54.7 Å². The van der Waals surface area contributed by atoms with E-state index in [0.717, 1.165) is 11.1 Å². The zero-order valence-electron chi connectivity index (χ0n) is 29.5. The monoisotopic (exact) mass is 828 g/mol. The fourth-order valence-electron chi connectivity index (χ4n) is 6.71. The van der Waals surface area contributed by atoms with Crippen LogP contribution in [0.25, 0.3) is 0 Å². The lowest BCUT2D eigenvalue weighted by Crippen LogP contribution is -2.45. The third-order valence-corrected chi connectivity index (χ3v) is 10.9. The molecular weight excluding hydrogens is 790 g/mol. The number of ether oxygens (including phenoxy) is 3. The molecule has 2 amide bonds. The lowest BCUT2D eigenvalue weighted by atomic mass is 9.95. The number of hydrogen-bond acceptors (Lipinski definition) is 8. The van der Waals surface area contributed by atoms with Crippen LogP contribution in [0.3, 0.4) is 0 Å². The molecule has 0 aliphatic carbocycles. The van der Waals surface area contributed by atoms with Crippen molar-refractivity contribution in [2.75, 3.05) is 45.9 Å². The number of carbonyl (C=O) groups is 3. The van der Waals surface area contributed by atoms with Crippen LogP contribution >= 0.6 is 46.4 Å². The van der Waals surface area contributed by atoms with E-state index in [2.05, 4.69) is 21.3 Å². The van der Waals surface area contributed by atoms with Crippen LogP contribution < -0.4 is 26.0 Å². The molecule has 11 nitrogen and oxygen atoms in total. The normalized spacial score (nSPS) is 21.5. The predicted molar refractivity (Wildman–Crippen MR) is 211 cm³/mol. The van der Waals surface area contributed by atoms with Crippen molar-refractivity contribution in [2.45, 2.75) is 30.8 Å². The molecule has 0 bridgehead atoms. The van der Waals surface area contributed by atoms with Crippen molar-refractivity contribution in [3.63, 3.8) is 0 Å². The maximum atomic E-state index is 13.2. The van der Waals surface area contributed by atoms with Gasteiger partial charge in [0.15, 0.2) is 6.61 Å². The topological polar surface area (TPSA) is 147 Å². The lowest BCUT2D eigenvalue weighted by molar-refractivity contribution is -0.124. The number of aromatic carboxylic acids is 1. The Hall–Kier alpha value is -3.91. The van der Waals surface area contributed by atoms with Gasteiger partial charge >= 0.3 is 5.97 Å². The van der Waals surface area contributed by atoms with Crippen LogP contribution in [-0.4, -0.2) is 74.9 Å². The first-order valence-electron chi connectivity index (χ1n) is 17.7. The predicted octanol–water partition coefficient (Wildman–Crippen LogP) is 6.60. The summed E-state index contributed by atoms with van der Waals surface area (Å²) >= 11 is 25.0. The molecule has 0 radical (unpaired) electrons. The van der Waals surface area contributed by atoms with Gasteiger partial charge in [0.25, 0.3) is 5.91 Å². The summed E-state index contributed by atoms with van der Waals surface area (Å²) in [4.78, 5) is 38.8. The number of amides is 2. The fraction of sp³-hybridized carbons (Fsp3) is 0.325. The number of halogens is 4. The molecule has 1 unspecified atom stereocenters. The number of nitrogens with one attached hydrogen (secondary N) is 4. The van der Waals surface area contributed by atoms with E-state index in [1.807, 2.05) is 36.4 Å². The molecule has 2 aliphatic heterocycles. The van der Waals surface area contributed by atoms with Crippen molar-refractivity contribution in [3.8, 4) is 5.75 Å². The van der Waals surface area contributed by atoms with Gasteiger partial charge in [-0.3, -0.25) is 9.59 Å². The molecule has 15 heteroatoms. The zero-order valence-corrected chi connectivity index (χ0v) is 32.6. The third kappa shape index (κ3) is 10.9. The molecule has 2 aliphatic rings. The highest BCUT2D eigenvalue weighted by Gasteiger charge is 2.34. The van der Waals surface area contributed by atoms with Gasteiger partial charge in [0.2, 0.25) is 5.91 Å². The summed E-state index contributed by atoms with van der Waals surface area (Å²) in [6.45, 7) is 2.27. The van der Waals surface area contributed by atoms with Crippen molar-refractivity contribution in [1.82, 2.24) is 21.3 Å². The lowest BCUT2D eigenvalue weighted by Gasteiger charge is -2.29. The number of carboxylic acids is 1. The van der Waals surface area contributed by atoms with Gasteiger partial charge in [0, 0.05) is 38.6 Å². The summed E-state index contributed by atoms with van der Waals surface area (Å²) < 4.78 is 18.5. The van der Waals surface area contributed by atoms with Crippen LogP contribution in [0, 0.1) is 5.92 Å². The van der Waals surface area contributed by atoms with E-state index < -0.39 is 24.2 Å². The van der Waals surface area contributed by atoms with Gasteiger partial charge in [0.1, 0.15) is 11.9 Å². The van der Waals surface area contributed by atoms with Crippen molar-refractivity contribution in [1.29, 1.82) is 0 Å². The summed E-state index contributed by atoms with van der Waals surface area (Å²) in [6, 6.07) is 23.9. The Morgan fingerprint density at radius 3 is 2.18 bits per heavy atom. The molecule has 55 heavy (non-hydrogen) atoms. The molecule has 0 saturated carbocycles. The van der Waals surface area contributed by atoms with Crippen LogP contribution in [0.5, 0.6) is 5.75 Å². The van der Waals surface area contributed by atoms with Gasteiger partial charge in [-0.2, -0.15) is 0 Å². The molecule has 0 aromatic heterocycles. The average Bonchev–Trinajstić information content (AvgIpc) is 3.54. The highest BCUT2D eigenvalue weighted by atomic mass is 35.5. The first-order chi connectivity index (χ1) is 26.5. The van der Waals surface area contributed by atoms with Gasteiger partial charge in [-0.15, -0.1) is 0 Å². The number of benzene rings is 4. The second-order valence-electron chi connectivity index (χ2n) is 13.3. The highest BCUT2D eigenvalue weighted by Crippen LogP contribution is 2.36. The van der Waals surface area contributed by atoms with E-state index in [9.17, 15) is 19.5 Å². The zero-order chi connectivity index (χ0) is 38.9. The van der Waals surface area contributed by atoms with Crippen molar-refractivity contribution in [3.05, 3.63) is 133 Å². The SMILES string of the molecule is O=C(COc1ccc(C2CNC[C@@H](NC(=O)Cc3ccccc3)[C@H](c3ccc(Cl)c(Cl)c3)O2)c(C(=O)O)c1)NC[C@@H]1CNCCO[C@H]1c1ccc(Cl)c(Cl)c1. The van der Waals surface area contributed by atoms with E-state index in [1.54, 1.807) is 42.5 Å². The second-order valence-corrected chi connectivity index (χ2v) is 14.9. The Labute approximate surface area is 338 Å². The van der Waals surface area contributed by atoms with Crippen molar-refractivity contribution >= 4 is 64.2 Å². The van der Waals surface area contributed by atoms with Gasteiger partial charge in [-0.1, -0.05) is 94.9 Å². The third-order valence-electron chi connectivity index (χ3n) is 9.41. The molecule has 5 atom stereocenters. The summed E-state index contributed by atoms with van der Waals surface area (Å²) in [5.74, 6) is -1.71. The molecule has 290 valence electrons. The Morgan fingerprint density at radius 2 is 1.49 bits per heavy atom. The van der Waals surface area contributed by atoms with Crippen LogP contribution in [0.2, 0.25) is 20.1 Å². The first-order valence-corrected chi connectivity index (χ1v) is 19.2. The minimum absolute atomic E-state index is 0.0599. The number of hydrogen-bond donors (Lipinski definition) is 5. The van der Waals surface area contributed by atoms with Gasteiger partial charge in [-0.05, 0) is 58.7 Å². The largest absolute Gasteiger partial charge is 0.484 e. The van der Waals surface area contributed by atoms with Crippen LogP contribution in [-0.2, 0) is 25.5 Å². The maximum absolute atomic E-state index is 13.2. The Morgan fingerprint density at radius 1 is 0.782 bits per heavy atom. The van der Waals surface area contributed by atoms with E-state index >= 15 is 0 Å². The Bertz CT molecular complexity index is 1990. The standard InChI is InChI=1S/C40H40Cl4N4O7/c41-30-10-6-24(15-32(30)43)38-26(18-45-12-13-53-38)19-47-37(50)22-54-27-8-9-28(29(17-27)40(51)52)35-21-46-20-34(48-36(49)14-23-4-2-1-3-5-23)39(55-35)25-7-11-31(42)33(44)16-25/h1-11,15-17,26,34-35,38-39,45-46H,12-14,18-22H2,(H,47,50)(H,48,49)(H,51,52)/t26-,34+,35?,38-,39-/m0/s1. The maximum Gasteiger partial charge on any atom is 0.336 e. The molecule has 4 aromatic carbocycles. The number of carbonyl (C=O) groups excluding carboxylic acids is 2. The minimum Gasteiger partial charge on any atom is -0.484 e. The fourth-order valence-corrected chi connectivity index (χ4v) is 7.32. The molecule has 0 spiro atoms. The summed E-state index contributed by atoms with van der Waals surface area (Å²) in [5.41, 5.74) is 2.69. The van der Waals surface area contributed by atoms with E-state index in [4.69, 9.17) is 60.6 Å². The summed E-state index contributed by atoms with van der Waals surface area (Å²) in [7, 11) is 0. The first kappa shape index (κ1) is 40.7. The van der Waals surface area contributed by atoms with Crippen molar-refractivity contribution in [2.24, 2.45) is 5.92 Å². The van der Waals surface area contributed by atoms with Crippen LogP contribution in [0.4, 0.5) is 0 Å². The highest BCUT2D eigenvalue weighted by molar-refractivity contribution is 6.42. The summed E-state index contributed by atoms with van der Waals surface area (Å²) in [6.07, 6.45) is -1.63. The summed E-state index contributed by atoms with van der Waals surface area (Å²) in [5, 5.41) is 24.5. The smallest absolute Gasteiger partial charge is 0.336 e. The molecule has 2 fully saturated rings. The van der Waals surface area contributed by atoms with Crippen molar-refractivity contribution < 1.29 is 33.7 Å². The molecular formula is C40H40Cl4N4O7. The van der Waals surface area contributed by atoms with Crippen LogP contribution in [0.15, 0.2) is 84.9 Å². The quantitative estimate of drug-likeness (QED) is 0.107. The molecule has 6 rings (SSSR count). The average molecular weight is 831 g/mol. The van der Waals surface area contributed by atoms with Crippen LogP contribution in [0.1, 0.15) is 50.9 Å². The number of rotatable bonds is 12. The second kappa shape index (κ2) is 19.3. The Balaban J connectivity index is 1.13. The Kier molecular flexibility index (Phi) is 14.3. The van der Waals surface area contributed by atoms with Gasteiger partial charge in [-0.25, -0.2) is 4.79 Å². The number of carboxylic acid groups (broad SMARTS) is 1. The minimum atomic E-state index is -1.20. The molecule has 4 aromatic rings. The molecule has 2 saturated heterocycles. The van der Waals surface area contributed by atoms with E-state index in [0.29, 0.717) is 64.0 Å². The van der Waals surface area contributed by atoms with Gasteiger partial charge in [0.05, 0.1) is 56.9 Å². The van der Waals surface area contributed by atoms with Gasteiger partial charge < -0.3 is 40.6 Å². The van der Waals surface area contributed by atoms with E-state index in [1.165, 1.54) is 6.07 Å².